The predicted molar refractivity (Wildman–Crippen MR) is 143 cm³/mol. The van der Waals surface area contributed by atoms with Gasteiger partial charge in [-0.1, -0.05) is 29.5 Å². The molecule has 1 unspecified atom stereocenters. The SMILES string of the molecule is CCOC(=O)c1c(C(O)c2cc(OCc3ccc(OC)cc3)ccc2[N+](=O)[O-])nnn1Cc1ccc(OC)cc1. The first kappa shape index (κ1) is 28.0. The number of carbonyl (C=O) groups is 1. The highest BCUT2D eigenvalue weighted by Gasteiger charge is 2.32. The van der Waals surface area contributed by atoms with Crippen LogP contribution >= 0.6 is 0 Å². The summed E-state index contributed by atoms with van der Waals surface area (Å²) in [6.45, 7) is 2.01. The smallest absolute Gasteiger partial charge is 0.358 e. The van der Waals surface area contributed by atoms with Crippen LogP contribution in [-0.2, 0) is 17.9 Å². The summed E-state index contributed by atoms with van der Waals surface area (Å²) in [7, 11) is 3.12. The van der Waals surface area contributed by atoms with Gasteiger partial charge in [0.05, 0.1) is 37.9 Å². The molecule has 0 aliphatic heterocycles. The number of hydrogen-bond donors (Lipinski definition) is 1. The van der Waals surface area contributed by atoms with Gasteiger partial charge in [0, 0.05) is 6.07 Å². The van der Waals surface area contributed by atoms with E-state index in [1.807, 2.05) is 12.1 Å². The maximum absolute atomic E-state index is 12.9. The van der Waals surface area contributed by atoms with Crippen molar-refractivity contribution in [3.05, 3.63) is 105 Å². The van der Waals surface area contributed by atoms with Gasteiger partial charge >= 0.3 is 5.97 Å². The maximum Gasteiger partial charge on any atom is 0.358 e. The number of benzene rings is 3. The minimum atomic E-state index is -1.67. The number of hydrogen-bond acceptors (Lipinski definition) is 10. The highest BCUT2D eigenvalue weighted by molar-refractivity contribution is 5.89. The van der Waals surface area contributed by atoms with Gasteiger partial charge < -0.3 is 24.1 Å². The number of rotatable bonds is 12. The van der Waals surface area contributed by atoms with Crippen molar-refractivity contribution in [1.82, 2.24) is 15.0 Å². The average Bonchev–Trinajstić information content (AvgIpc) is 3.39. The Bertz CT molecular complexity index is 1470. The van der Waals surface area contributed by atoms with Crippen LogP contribution in [0.4, 0.5) is 5.69 Å². The maximum atomic E-state index is 12.9. The van der Waals surface area contributed by atoms with Crippen LogP contribution in [0.15, 0.2) is 66.7 Å². The van der Waals surface area contributed by atoms with Crippen LogP contribution in [0.3, 0.4) is 0 Å². The lowest BCUT2D eigenvalue weighted by atomic mass is 10.0. The second-order valence-electron chi connectivity index (χ2n) is 8.57. The molecule has 0 saturated carbocycles. The molecule has 0 aliphatic carbocycles. The Labute approximate surface area is 229 Å². The largest absolute Gasteiger partial charge is 0.497 e. The van der Waals surface area contributed by atoms with E-state index in [1.165, 1.54) is 22.9 Å². The quantitative estimate of drug-likeness (QED) is 0.156. The van der Waals surface area contributed by atoms with Crippen LogP contribution in [0.1, 0.15) is 45.9 Å². The molecule has 208 valence electrons. The predicted octanol–water partition coefficient (Wildman–Crippen LogP) is 4.09. The van der Waals surface area contributed by atoms with Crippen molar-refractivity contribution in [3.8, 4) is 17.2 Å². The summed E-state index contributed by atoms with van der Waals surface area (Å²) in [5, 5.41) is 31.2. The molecule has 1 aromatic heterocycles. The molecular weight excluding hydrogens is 520 g/mol. The van der Waals surface area contributed by atoms with Gasteiger partial charge in [-0.15, -0.1) is 5.10 Å². The molecule has 0 spiro atoms. The molecule has 0 amide bonds. The third-order valence-electron chi connectivity index (χ3n) is 6.04. The van der Waals surface area contributed by atoms with E-state index >= 15 is 0 Å². The lowest BCUT2D eigenvalue weighted by Crippen LogP contribution is -2.17. The van der Waals surface area contributed by atoms with Crippen LogP contribution in [0, 0.1) is 10.1 Å². The molecule has 0 fully saturated rings. The first-order valence-electron chi connectivity index (χ1n) is 12.3. The van der Waals surface area contributed by atoms with Crippen molar-refractivity contribution in [1.29, 1.82) is 0 Å². The number of ether oxygens (including phenoxy) is 4. The summed E-state index contributed by atoms with van der Waals surface area (Å²) in [5.41, 5.74) is 0.832. The highest BCUT2D eigenvalue weighted by Crippen LogP contribution is 2.34. The van der Waals surface area contributed by atoms with Gasteiger partial charge in [-0.2, -0.15) is 0 Å². The number of carbonyl (C=O) groups excluding carboxylic acids is 1. The minimum Gasteiger partial charge on any atom is -0.497 e. The topological polar surface area (TPSA) is 148 Å². The van der Waals surface area contributed by atoms with Gasteiger partial charge in [-0.05, 0) is 54.4 Å². The molecule has 0 radical (unpaired) electrons. The van der Waals surface area contributed by atoms with Crippen molar-refractivity contribution >= 4 is 11.7 Å². The zero-order valence-electron chi connectivity index (χ0n) is 22.1. The molecule has 12 nitrogen and oxygen atoms in total. The van der Waals surface area contributed by atoms with Gasteiger partial charge in [-0.3, -0.25) is 10.1 Å². The number of nitrogens with zero attached hydrogens (tertiary/aromatic N) is 4. The number of methoxy groups -OCH3 is 2. The minimum absolute atomic E-state index is 0.0664. The Morgan fingerprint density at radius 3 is 2.15 bits per heavy atom. The normalized spacial score (nSPS) is 11.5. The van der Waals surface area contributed by atoms with Gasteiger partial charge in [0.1, 0.15) is 35.7 Å². The Balaban J connectivity index is 1.66. The molecule has 3 aromatic carbocycles. The van der Waals surface area contributed by atoms with Crippen LogP contribution in [0.2, 0.25) is 0 Å². The first-order chi connectivity index (χ1) is 19.3. The third kappa shape index (κ3) is 6.35. The first-order valence-corrected chi connectivity index (χ1v) is 12.3. The molecule has 40 heavy (non-hydrogen) atoms. The Morgan fingerprint density at radius 1 is 0.975 bits per heavy atom. The van der Waals surface area contributed by atoms with Crippen molar-refractivity contribution in [2.24, 2.45) is 0 Å². The summed E-state index contributed by atoms with van der Waals surface area (Å²) in [4.78, 5) is 24.1. The van der Waals surface area contributed by atoms with E-state index in [9.17, 15) is 20.0 Å². The van der Waals surface area contributed by atoms with Crippen molar-refractivity contribution in [2.45, 2.75) is 26.2 Å². The van der Waals surface area contributed by atoms with Gasteiger partial charge in [0.15, 0.2) is 5.69 Å². The number of esters is 1. The highest BCUT2D eigenvalue weighted by atomic mass is 16.6. The fourth-order valence-corrected chi connectivity index (χ4v) is 3.98. The molecule has 1 N–H and O–H groups in total. The van der Waals surface area contributed by atoms with E-state index in [2.05, 4.69) is 10.3 Å². The van der Waals surface area contributed by atoms with Gasteiger partial charge in [0.25, 0.3) is 5.69 Å². The van der Waals surface area contributed by atoms with E-state index < -0.39 is 17.0 Å². The summed E-state index contributed by atoms with van der Waals surface area (Å²) in [5.74, 6) is 0.857. The number of nitro benzene ring substituents is 1. The lowest BCUT2D eigenvalue weighted by molar-refractivity contribution is -0.386. The molecule has 4 aromatic rings. The molecule has 12 heteroatoms. The lowest BCUT2D eigenvalue weighted by Gasteiger charge is -2.14. The zero-order valence-corrected chi connectivity index (χ0v) is 22.1. The van der Waals surface area contributed by atoms with Crippen LogP contribution < -0.4 is 14.2 Å². The van der Waals surface area contributed by atoms with Crippen molar-refractivity contribution in [2.75, 3.05) is 20.8 Å². The van der Waals surface area contributed by atoms with E-state index in [0.29, 0.717) is 11.5 Å². The standard InChI is InChI=1S/C28H28N4O8/c1-4-39-28(34)26-25(29-30-31(26)16-18-5-9-20(37-2)10-6-18)27(33)23-15-22(13-14-24(23)32(35)36)40-17-19-7-11-21(38-3)12-8-19/h5-15,27,33H,4,16-17H2,1-3H3. The molecule has 0 aliphatic rings. The van der Waals surface area contributed by atoms with Crippen LogP contribution in [0.25, 0.3) is 0 Å². The second kappa shape index (κ2) is 12.7. The van der Waals surface area contributed by atoms with Crippen LogP contribution in [0.5, 0.6) is 17.2 Å². The Hall–Kier alpha value is -4.97. The molecule has 0 saturated heterocycles. The molecule has 1 atom stereocenters. The monoisotopic (exact) mass is 548 g/mol. The van der Waals surface area contributed by atoms with E-state index in [0.717, 1.165) is 11.1 Å². The Kier molecular flexibility index (Phi) is 8.92. The molecule has 0 bridgehead atoms. The number of aliphatic hydroxyl groups excluding tert-OH is 1. The number of aromatic nitrogens is 3. The third-order valence-corrected chi connectivity index (χ3v) is 6.04. The molecule has 4 rings (SSSR count). The van der Waals surface area contributed by atoms with Crippen LogP contribution in [-0.4, -0.2) is 51.8 Å². The summed E-state index contributed by atoms with van der Waals surface area (Å²) >= 11 is 0. The number of nitro groups is 1. The van der Waals surface area contributed by atoms with E-state index in [4.69, 9.17) is 18.9 Å². The van der Waals surface area contributed by atoms with E-state index in [1.54, 1.807) is 57.5 Å². The summed E-state index contributed by atoms with van der Waals surface area (Å²) in [6.07, 6.45) is -1.67. The zero-order chi connectivity index (χ0) is 28.6. The summed E-state index contributed by atoms with van der Waals surface area (Å²) < 4.78 is 22.6. The van der Waals surface area contributed by atoms with Crippen molar-refractivity contribution in [3.63, 3.8) is 0 Å². The van der Waals surface area contributed by atoms with E-state index in [-0.39, 0.29) is 48.1 Å². The Morgan fingerprint density at radius 2 is 1.57 bits per heavy atom. The van der Waals surface area contributed by atoms with Gasteiger partial charge in [-0.25, -0.2) is 9.48 Å². The van der Waals surface area contributed by atoms with Crippen molar-refractivity contribution < 1.29 is 33.8 Å². The fourth-order valence-electron chi connectivity index (χ4n) is 3.98. The summed E-state index contributed by atoms with van der Waals surface area (Å²) in [6, 6.07) is 18.3. The average molecular weight is 549 g/mol. The molecular formula is C28H28N4O8. The second-order valence-corrected chi connectivity index (χ2v) is 8.57. The fraction of sp³-hybridized carbons (Fsp3) is 0.250. The molecule has 1 heterocycles. The van der Waals surface area contributed by atoms with Gasteiger partial charge in [0.2, 0.25) is 0 Å². The number of aliphatic hydroxyl groups is 1.